The Kier molecular flexibility index (Phi) is 4.63. The van der Waals surface area contributed by atoms with Crippen LogP contribution in [-0.2, 0) is 11.3 Å². The molecule has 1 N–H and O–H groups in total. The van der Waals surface area contributed by atoms with Gasteiger partial charge >= 0.3 is 0 Å². The summed E-state index contributed by atoms with van der Waals surface area (Å²) in [4.78, 5) is 1.30. The number of benzene rings is 2. The fraction of sp³-hybridized carbons (Fsp3) is 0.333. The molecule has 0 radical (unpaired) electrons. The molecule has 2 aromatic rings. The molecular formula is C18H21NOS. The molecule has 0 aromatic heterocycles. The van der Waals surface area contributed by atoms with Crippen LogP contribution in [0, 0.1) is 0 Å². The summed E-state index contributed by atoms with van der Waals surface area (Å²) in [6.07, 6.45) is 2.10. The fourth-order valence-electron chi connectivity index (χ4n) is 2.81. The van der Waals surface area contributed by atoms with Gasteiger partial charge in [-0.3, -0.25) is 0 Å². The Morgan fingerprint density at radius 1 is 1.14 bits per heavy atom. The highest BCUT2D eigenvalue weighted by molar-refractivity contribution is 7.98. The molecule has 110 valence electrons. The molecule has 0 saturated carbocycles. The van der Waals surface area contributed by atoms with Gasteiger partial charge in [0.25, 0.3) is 0 Å². The third-order valence-electron chi connectivity index (χ3n) is 4.04. The minimum Gasteiger partial charge on any atom is -0.375 e. The zero-order chi connectivity index (χ0) is 14.7. The van der Waals surface area contributed by atoms with Gasteiger partial charge in [-0.15, -0.1) is 11.8 Å². The van der Waals surface area contributed by atoms with Crippen molar-refractivity contribution in [2.24, 2.45) is 0 Å². The van der Waals surface area contributed by atoms with Crippen molar-refractivity contribution in [1.82, 2.24) is 5.32 Å². The van der Waals surface area contributed by atoms with Crippen LogP contribution in [0.15, 0.2) is 53.4 Å². The number of hydrogen-bond donors (Lipinski definition) is 1. The van der Waals surface area contributed by atoms with Gasteiger partial charge in [-0.1, -0.05) is 36.4 Å². The Hall–Kier alpha value is -1.29. The van der Waals surface area contributed by atoms with Crippen LogP contribution in [0.1, 0.15) is 35.7 Å². The third-order valence-corrected chi connectivity index (χ3v) is 4.78. The first kappa shape index (κ1) is 14.6. The van der Waals surface area contributed by atoms with Gasteiger partial charge < -0.3 is 10.1 Å². The van der Waals surface area contributed by atoms with Crippen molar-refractivity contribution < 1.29 is 4.74 Å². The second-order valence-corrected chi connectivity index (χ2v) is 6.31. The molecule has 21 heavy (non-hydrogen) atoms. The summed E-state index contributed by atoms with van der Waals surface area (Å²) in [5.74, 6) is 0. The Labute approximate surface area is 130 Å². The molecule has 2 unspecified atom stereocenters. The lowest BCUT2D eigenvalue weighted by molar-refractivity contribution is 0.0791. The predicted octanol–water partition coefficient (Wildman–Crippen LogP) is 4.33. The maximum atomic E-state index is 5.72. The zero-order valence-corrected chi connectivity index (χ0v) is 13.3. The van der Waals surface area contributed by atoms with Gasteiger partial charge in [0, 0.05) is 10.9 Å². The average Bonchev–Trinajstić information content (AvgIpc) is 2.55. The summed E-state index contributed by atoms with van der Waals surface area (Å²) in [5, 5.41) is 3.70. The van der Waals surface area contributed by atoms with Gasteiger partial charge in [0.1, 0.15) is 0 Å². The number of thioether (sulfide) groups is 1. The first-order chi connectivity index (χ1) is 10.3. The molecule has 0 fully saturated rings. The monoisotopic (exact) mass is 299 g/mol. The number of nitrogens with one attached hydrogen (secondary N) is 1. The summed E-state index contributed by atoms with van der Waals surface area (Å²) in [7, 11) is 0. The first-order valence-electron chi connectivity index (χ1n) is 7.33. The van der Waals surface area contributed by atoms with E-state index in [0.717, 1.165) is 13.2 Å². The number of ether oxygens (including phenoxy) is 1. The van der Waals surface area contributed by atoms with Gasteiger partial charge in [0.2, 0.25) is 0 Å². The summed E-state index contributed by atoms with van der Waals surface area (Å²) in [6.45, 7) is 3.68. The molecule has 2 atom stereocenters. The van der Waals surface area contributed by atoms with E-state index in [1.807, 2.05) is 0 Å². The maximum absolute atomic E-state index is 5.72. The lowest BCUT2D eigenvalue weighted by atomic mass is 9.97. The largest absolute Gasteiger partial charge is 0.375 e. The van der Waals surface area contributed by atoms with Gasteiger partial charge in [0.05, 0.1) is 19.3 Å². The molecular weight excluding hydrogens is 278 g/mol. The lowest BCUT2D eigenvalue weighted by Crippen LogP contribution is -2.31. The lowest BCUT2D eigenvalue weighted by Gasteiger charge is -2.29. The predicted molar refractivity (Wildman–Crippen MR) is 88.6 cm³/mol. The second-order valence-electron chi connectivity index (χ2n) is 5.43. The highest BCUT2D eigenvalue weighted by Crippen LogP contribution is 2.27. The smallest absolute Gasteiger partial charge is 0.0721 e. The summed E-state index contributed by atoms with van der Waals surface area (Å²) < 4.78 is 5.72. The summed E-state index contributed by atoms with van der Waals surface area (Å²) in [6, 6.07) is 17.9. The van der Waals surface area contributed by atoms with E-state index in [1.54, 1.807) is 11.8 Å². The van der Waals surface area contributed by atoms with E-state index in [1.165, 1.54) is 21.6 Å². The van der Waals surface area contributed by atoms with Crippen molar-refractivity contribution in [3.63, 3.8) is 0 Å². The van der Waals surface area contributed by atoms with Gasteiger partial charge in [-0.25, -0.2) is 0 Å². The quantitative estimate of drug-likeness (QED) is 0.849. The molecule has 2 nitrogen and oxygen atoms in total. The minimum absolute atomic E-state index is 0.269. The molecule has 0 amide bonds. The normalized spacial score (nSPS) is 19.0. The van der Waals surface area contributed by atoms with Crippen LogP contribution in [-0.4, -0.2) is 12.9 Å². The van der Waals surface area contributed by atoms with Gasteiger partial charge in [-0.05, 0) is 42.0 Å². The van der Waals surface area contributed by atoms with Gasteiger partial charge in [-0.2, -0.15) is 0 Å². The van der Waals surface area contributed by atoms with E-state index in [-0.39, 0.29) is 6.04 Å². The van der Waals surface area contributed by atoms with Crippen molar-refractivity contribution in [2.75, 3.05) is 12.9 Å². The van der Waals surface area contributed by atoms with Crippen molar-refractivity contribution >= 4 is 11.8 Å². The molecule has 0 bridgehead atoms. The molecule has 1 aliphatic rings. The molecule has 2 aromatic carbocycles. The highest BCUT2D eigenvalue weighted by atomic mass is 32.2. The van der Waals surface area contributed by atoms with E-state index < -0.39 is 0 Å². The van der Waals surface area contributed by atoms with Crippen molar-refractivity contribution in [2.45, 2.75) is 30.5 Å². The molecule has 3 rings (SSSR count). The minimum atomic E-state index is 0.269. The molecule has 1 aliphatic heterocycles. The van der Waals surface area contributed by atoms with E-state index in [9.17, 15) is 0 Å². The molecule has 0 spiro atoms. The highest BCUT2D eigenvalue weighted by Gasteiger charge is 2.21. The third kappa shape index (κ3) is 3.31. The van der Waals surface area contributed by atoms with Crippen molar-refractivity contribution in [3.8, 4) is 0 Å². The average molecular weight is 299 g/mol. The maximum Gasteiger partial charge on any atom is 0.0721 e. The Bertz CT molecular complexity index is 596. The van der Waals surface area contributed by atoms with Crippen LogP contribution in [0.5, 0.6) is 0 Å². The van der Waals surface area contributed by atoms with E-state index in [0.29, 0.717) is 6.04 Å². The topological polar surface area (TPSA) is 21.3 Å². The van der Waals surface area contributed by atoms with Crippen LogP contribution in [0.3, 0.4) is 0 Å². The first-order valence-corrected chi connectivity index (χ1v) is 8.56. The summed E-state index contributed by atoms with van der Waals surface area (Å²) in [5.41, 5.74) is 3.98. The fourth-order valence-corrected chi connectivity index (χ4v) is 3.22. The molecule has 0 saturated heterocycles. The molecule has 3 heteroatoms. The van der Waals surface area contributed by atoms with Gasteiger partial charge in [0.15, 0.2) is 0 Å². The van der Waals surface area contributed by atoms with Crippen LogP contribution in [0.25, 0.3) is 0 Å². The van der Waals surface area contributed by atoms with Crippen LogP contribution < -0.4 is 5.32 Å². The Morgan fingerprint density at radius 2 is 1.90 bits per heavy atom. The SMILES string of the molecule is CSc1ccc(C(C)NC2COCc3ccccc32)cc1. The number of rotatable bonds is 4. The molecule has 1 heterocycles. The van der Waals surface area contributed by atoms with E-state index in [4.69, 9.17) is 4.74 Å². The van der Waals surface area contributed by atoms with E-state index >= 15 is 0 Å². The van der Waals surface area contributed by atoms with Crippen molar-refractivity contribution in [3.05, 3.63) is 65.2 Å². The Balaban J connectivity index is 1.74. The Morgan fingerprint density at radius 3 is 2.67 bits per heavy atom. The zero-order valence-electron chi connectivity index (χ0n) is 12.5. The van der Waals surface area contributed by atoms with Crippen LogP contribution in [0.4, 0.5) is 0 Å². The molecule has 0 aliphatic carbocycles. The standard InChI is InChI=1S/C18H21NOS/c1-13(14-7-9-16(21-2)10-8-14)19-18-12-20-11-15-5-3-4-6-17(15)18/h3-10,13,18-19H,11-12H2,1-2H3. The van der Waals surface area contributed by atoms with Crippen molar-refractivity contribution in [1.29, 1.82) is 0 Å². The number of fused-ring (bicyclic) bond motifs is 1. The van der Waals surface area contributed by atoms with Crippen LogP contribution in [0.2, 0.25) is 0 Å². The second kappa shape index (κ2) is 6.65. The van der Waals surface area contributed by atoms with Crippen LogP contribution >= 0.6 is 11.8 Å². The van der Waals surface area contributed by atoms with E-state index in [2.05, 4.69) is 67.0 Å². The summed E-state index contributed by atoms with van der Waals surface area (Å²) >= 11 is 1.78. The number of hydrogen-bond acceptors (Lipinski definition) is 3.